The average Bonchev–Trinajstić information content (AvgIpc) is 2.52. The van der Waals surface area contributed by atoms with E-state index in [1.165, 1.54) is 12.5 Å². The van der Waals surface area contributed by atoms with Crippen LogP contribution in [0.2, 0.25) is 0 Å². The number of anilines is 1. The van der Waals surface area contributed by atoms with Gasteiger partial charge in [0.15, 0.2) is 11.6 Å². The van der Waals surface area contributed by atoms with Gasteiger partial charge in [-0.2, -0.15) is 0 Å². The molecule has 22 heavy (non-hydrogen) atoms. The van der Waals surface area contributed by atoms with Gasteiger partial charge in [0.05, 0.1) is 0 Å². The molecule has 1 aromatic carbocycles. The molecule has 0 unspecified atom stereocenters. The highest BCUT2D eigenvalue weighted by molar-refractivity contribution is 6.02. The lowest BCUT2D eigenvalue weighted by molar-refractivity contribution is 0.102. The van der Waals surface area contributed by atoms with Gasteiger partial charge in [0.2, 0.25) is 0 Å². The molecule has 5 heteroatoms. The molecule has 0 spiro atoms. The Balaban J connectivity index is 1.98. The van der Waals surface area contributed by atoms with E-state index >= 15 is 0 Å². The second kappa shape index (κ2) is 7.64. The first-order chi connectivity index (χ1) is 10.6. The molecule has 2 rings (SSSR count). The fraction of sp³-hybridized carbons (Fsp3) is 0.294. The van der Waals surface area contributed by atoms with E-state index in [-0.39, 0.29) is 11.4 Å². The molecule has 2 aromatic rings. The van der Waals surface area contributed by atoms with Crippen molar-refractivity contribution in [3.63, 3.8) is 0 Å². The summed E-state index contributed by atoms with van der Waals surface area (Å²) in [5.74, 6) is -2.41. The Morgan fingerprint density at radius 3 is 2.59 bits per heavy atom. The number of unbranched alkanes of at least 4 members (excludes halogenated alkanes) is 2. The van der Waals surface area contributed by atoms with Crippen molar-refractivity contribution in [2.45, 2.75) is 32.6 Å². The molecule has 1 heterocycles. The van der Waals surface area contributed by atoms with Crippen LogP contribution in [0, 0.1) is 11.6 Å². The number of nitrogens with one attached hydrogen (secondary N) is 1. The Morgan fingerprint density at radius 1 is 1.14 bits per heavy atom. The zero-order valence-electron chi connectivity index (χ0n) is 12.4. The van der Waals surface area contributed by atoms with Crippen molar-refractivity contribution in [1.29, 1.82) is 0 Å². The Labute approximate surface area is 128 Å². The van der Waals surface area contributed by atoms with Gasteiger partial charge in [-0.1, -0.05) is 25.8 Å². The van der Waals surface area contributed by atoms with Crippen molar-refractivity contribution in [3.8, 4) is 0 Å². The molecule has 3 nitrogen and oxygen atoms in total. The summed E-state index contributed by atoms with van der Waals surface area (Å²) in [4.78, 5) is 16.1. The van der Waals surface area contributed by atoms with Crippen LogP contribution in [-0.2, 0) is 6.42 Å². The van der Waals surface area contributed by atoms with Crippen LogP contribution in [0.5, 0.6) is 0 Å². The van der Waals surface area contributed by atoms with Crippen molar-refractivity contribution < 1.29 is 13.6 Å². The number of pyridine rings is 1. The SMILES string of the molecule is CCCCCc1ccc(C(=O)Nc2ccc(F)c(F)c2)nc1. The number of amides is 1. The number of hydrogen-bond donors (Lipinski definition) is 1. The van der Waals surface area contributed by atoms with Gasteiger partial charge in [0, 0.05) is 18.0 Å². The van der Waals surface area contributed by atoms with Crippen LogP contribution in [-0.4, -0.2) is 10.9 Å². The van der Waals surface area contributed by atoms with Gasteiger partial charge in [0.1, 0.15) is 5.69 Å². The molecule has 1 aromatic heterocycles. The first-order valence-corrected chi connectivity index (χ1v) is 7.31. The van der Waals surface area contributed by atoms with Crippen molar-refractivity contribution >= 4 is 11.6 Å². The maximum Gasteiger partial charge on any atom is 0.274 e. The summed E-state index contributed by atoms with van der Waals surface area (Å²) in [7, 11) is 0. The fourth-order valence-electron chi connectivity index (χ4n) is 2.05. The molecular formula is C17H18F2N2O. The van der Waals surface area contributed by atoms with E-state index in [2.05, 4.69) is 17.2 Å². The summed E-state index contributed by atoms with van der Waals surface area (Å²) in [5.41, 5.74) is 1.51. The standard InChI is InChI=1S/C17H18F2N2O/c1-2-3-4-5-12-6-9-16(20-11-12)17(22)21-13-7-8-14(18)15(19)10-13/h6-11H,2-5H2,1H3,(H,21,22). The largest absolute Gasteiger partial charge is 0.321 e. The van der Waals surface area contributed by atoms with Crippen LogP contribution in [0.25, 0.3) is 0 Å². The van der Waals surface area contributed by atoms with Crippen LogP contribution < -0.4 is 5.32 Å². The minimum absolute atomic E-state index is 0.192. The smallest absolute Gasteiger partial charge is 0.274 e. The first kappa shape index (κ1) is 16.1. The monoisotopic (exact) mass is 304 g/mol. The van der Waals surface area contributed by atoms with Crippen LogP contribution >= 0.6 is 0 Å². The van der Waals surface area contributed by atoms with E-state index in [9.17, 15) is 13.6 Å². The number of nitrogens with zero attached hydrogens (tertiary/aromatic N) is 1. The lowest BCUT2D eigenvalue weighted by Crippen LogP contribution is -2.14. The van der Waals surface area contributed by atoms with Crippen LogP contribution in [0.1, 0.15) is 42.2 Å². The Kier molecular flexibility index (Phi) is 5.58. The van der Waals surface area contributed by atoms with Crippen LogP contribution in [0.4, 0.5) is 14.5 Å². The molecule has 0 atom stereocenters. The molecule has 0 bridgehead atoms. The summed E-state index contributed by atoms with van der Waals surface area (Å²) >= 11 is 0. The van der Waals surface area contributed by atoms with Crippen molar-refractivity contribution in [3.05, 3.63) is 59.4 Å². The zero-order valence-corrected chi connectivity index (χ0v) is 12.4. The summed E-state index contributed by atoms with van der Waals surface area (Å²) in [5, 5.41) is 2.49. The molecule has 116 valence electrons. The molecule has 0 saturated heterocycles. The second-order valence-electron chi connectivity index (χ2n) is 5.09. The molecule has 0 radical (unpaired) electrons. The average molecular weight is 304 g/mol. The summed E-state index contributed by atoms with van der Waals surface area (Å²) < 4.78 is 25.9. The Morgan fingerprint density at radius 2 is 1.95 bits per heavy atom. The molecule has 0 fully saturated rings. The summed E-state index contributed by atoms with van der Waals surface area (Å²) in [6.45, 7) is 2.14. The normalized spacial score (nSPS) is 10.5. The Bertz CT molecular complexity index is 642. The second-order valence-corrected chi connectivity index (χ2v) is 5.09. The lowest BCUT2D eigenvalue weighted by atomic mass is 10.1. The highest BCUT2D eigenvalue weighted by Gasteiger charge is 2.09. The van der Waals surface area contributed by atoms with Crippen LogP contribution in [0.3, 0.4) is 0 Å². The highest BCUT2D eigenvalue weighted by Crippen LogP contribution is 2.14. The predicted molar refractivity (Wildman–Crippen MR) is 81.8 cm³/mol. The van der Waals surface area contributed by atoms with E-state index < -0.39 is 17.5 Å². The highest BCUT2D eigenvalue weighted by atomic mass is 19.2. The minimum Gasteiger partial charge on any atom is -0.321 e. The topological polar surface area (TPSA) is 42.0 Å². The third-order valence-corrected chi connectivity index (χ3v) is 3.30. The van der Waals surface area contributed by atoms with E-state index in [1.54, 1.807) is 12.3 Å². The molecule has 0 aliphatic heterocycles. The minimum atomic E-state index is -1.00. The van der Waals surface area contributed by atoms with Gasteiger partial charge in [-0.25, -0.2) is 8.78 Å². The van der Waals surface area contributed by atoms with E-state index in [4.69, 9.17) is 0 Å². The first-order valence-electron chi connectivity index (χ1n) is 7.31. The number of rotatable bonds is 6. The van der Waals surface area contributed by atoms with Gasteiger partial charge >= 0.3 is 0 Å². The Hall–Kier alpha value is -2.30. The third-order valence-electron chi connectivity index (χ3n) is 3.30. The van der Waals surface area contributed by atoms with Gasteiger partial charge in [-0.3, -0.25) is 9.78 Å². The van der Waals surface area contributed by atoms with Gasteiger partial charge in [-0.05, 0) is 36.6 Å². The van der Waals surface area contributed by atoms with Gasteiger partial charge in [0.25, 0.3) is 5.91 Å². The quantitative estimate of drug-likeness (QED) is 0.806. The number of halogens is 2. The number of carbonyl (C=O) groups is 1. The zero-order chi connectivity index (χ0) is 15.9. The number of aromatic nitrogens is 1. The molecule has 0 saturated carbocycles. The fourth-order valence-corrected chi connectivity index (χ4v) is 2.05. The lowest BCUT2D eigenvalue weighted by Gasteiger charge is -2.06. The summed E-state index contributed by atoms with van der Waals surface area (Å²) in [6.07, 6.45) is 6.03. The number of carbonyl (C=O) groups excluding carboxylic acids is 1. The van der Waals surface area contributed by atoms with E-state index in [0.717, 1.165) is 37.0 Å². The van der Waals surface area contributed by atoms with Crippen molar-refractivity contribution in [2.75, 3.05) is 5.32 Å². The van der Waals surface area contributed by atoms with Gasteiger partial charge in [-0.15, -0.1) is 0 Å². The van der Waals surface area contributed by atoms with Crippen molar-refractivity contribution in [2.24, 2.45) is 0 Å². The molecular weight excluding hydrogens is 286 g/mol. The number of benzene rings is 1. The molecule has 1 amide bonds. The third kappa shape index (κ3) is 4.35. The van der Waals surface area contributed by atoms with Gasteiger partial charge < -0.3 is 5.32 Å². The van der Waals surface area contributed by atoms with E-state index in [1.807, 2.05) is 6.07 Å². The maximum atomic E-state index is 13.1. The number of aryl methyl sites for hydroxylation is 1. The predicted octanol–water partition coefficient (Wildman–Crippen LogP) is 4.34. The molecule has 0 aliphatic carbocycles. The number of hydrogen-bond acceptors (Lipinski definition) is 2. The molecule has 1 N–H and O–H groups in total. The van der Waals surface area contributed by atoms with Crippen molar-refractivity contribution in [1.82, 2.24) is 4.98 Å². The molecule has 0 aliphatic rings. The van der Waals surface area contributed by atoms with Crippen LogP contribution in [0.15, 0.2) is 36.5 Å². The van der Waals surface area contributed by atoms with E-state index in [0.29, 0.717) is 0 Å². The summed E-state index contributed by atoms with van der Waals surface area (Å²) in [6, 6.07) is 6.70. The maximum absolute atomic E-state index is 13.1.